The number of aliphatic hydroxyl groups excluding tert-OH is 1. The number of thioether (sulfide) groups is 1. The summed E-state index contributed by atoms with van der Waals surface area (Å²) in [7, 11) is 0. The molecule has 0 radical (unpaired) electrons. The average molecular weight is 239 g/mol. The minimum absolute atomic E-state index is 0.0463. The van der Waals surface area contributed by atoms with Gasteiger partial charge in [-0.15, -0.1) is 0 Å². The van der Waals surface area contributed by atoms with Crippen molar-refractivity contribution in [2.24, 2.45) is 4.99 Å². The standard InChI is InChI=1S/C12H17NO2S/c1-16-7-6-11(9-14)13-8-10-4-2-3-5-12(10)15/h2-5,8,11,14-15H,6-7,9H2,1H3/t11-/m0/s1. The number of phenolic OH excluding ortho intramolecular Hbond substituents is 1. The van der Waals surface area contributed by atoms with Gasteiger partial charge in [0.2, 0.25) is 0 Å². The Morgan fingerprint density at radius 2 is 2.19 bits per heavy atom. The van der Waals surface area contributed by atoms with E-state index in [4.69, 9.17) is 5.11 Å². The second kappa shape index (κ2) is 7.30. The molecule has 4 heteroatoms. The van der Waals surface area contributed by atoms with Crippen molar-refractivity contribution >= 4 is 18.0 Å². The number of hydrogen-bond donors (Lipinski definition) is 2. The number of aliphatic imine (C=N–C) groups is 1. The molecule has 88 valence electrons. The molecule has 1 aromatic rings. The van der Waals surface area contributed by atoms with Crippen molar-refractivity contribution in [2.45, 2.75) is 12.5 Å². The van der Waals surface area contributed by atoms with E-state index >= 15 is 0 Å². The molecule has 0 fully saturated rings. The van der Waals surface area contributed by atoms with Gasteiger partial charge < -0.3 is 10.2 Å². The largest absolute Gasteiger partial charge is 0.507 e. The number of rotatable bonds is 6. The fourth-order valence-electron chi connectivity index (χ4n) is 1.25. The molecule has 1 aromatic carbocycles. The van der Waals surface area contributed by atoms with Crippen molar-refractivity contribution in [3.63, 3.8) is 0 Å². The van der Waals surface area contributed by atoms with Crippen LogP contribution < -0.4 is 0 Å². The summed E-state index contributed by atoms with van der Waals surface area (Å²) in [5.41, 5.74) is 0.685. The van der Waals surface area contributed by atoms with E-state index < -0.39 is 0 Å². The van der Waals surface area contributed by atoms with E-state index in [1.807, 2.05) is 12.3 Å². The Morgan fingerprint density at radius 3 is 2.81 bits per heavy atom. The van der Waals surface area contributed by atoms with Crippen LogP contribution in [0.4, 0.5) is 0 Å². The van der Waals surface area contributed by atoms with Crippen molar-refractivity contribution in [1.82, 2.24) is 0 Å². The van der Waals surface area contributed by atoms with E-state index in [-0.39, 0.29) is 18.4 Å². The zero-order valence-electron chi connectivity index (χ0n) is 9.34. The normalized spacial score (nSPS) is 13.1. The molecule has 3 nitrogen and oxygen atoms in total. The second-order valence-corrected chi connectivity index (χ2v) is 4.44. The van der Waals surface area contributed by atoms with Gasteiger partial charge in [0.25, 0.3) is 0 Å². The van der Waals surface area contributed by atoms with Gasteiger partial charge in [-0.25, -0.2) is 0 Å². The summed E-state index contributed by atoms with van der Waals surface area (Å²) in [6.45, 7) is 0.0463. The lowest BCUT2D eigenvalue weighted by Gasteiger charge is -2.07. The maximum absolute atomic E-state index is 9.51. The summed E-state index contributed by atoms with van der Waals surface area (Å²) in [6.07, 6.45) is 4.50. The predicted molar refractivity (Wildman–Crippen MR) is 69.6 cm³/mol. The van der Waals surface area contributed by atoms with E-state index in [9.17, 15) is 5.11 Å². The van der Waals surface area contributed by atoms with Crippen molar-refractivity contribution in [3.05, 3.63) is 29.8 Å². The van der Waals surface area contributed by atoms with Gasteiger partial charge >= 0.3 is 0 Å². The average Bonchev–Trinajstić information content (AvgIpc) is 2.31. The number of aromatic hydroxyl groups is 1. The minimum Gasteiger partial charge on any atom is -0.507 e. The fraction of sp³-hybridized carbons (Fsp3) is 0.417. The molecule has 1 rings (SSSR count). The minimum atomic E-state index is -0.0768. The molecule has 0 saturated heterocycles. The molecular formula is C12H17NO2S. The van der Waals surface area contributed by atoms with Crippen LogP contribution in [0.5, 0.6) is 5.75 Å². The molecule has 0 aliphatic carbocycles. The highest BCUT2D eigenvalue weighted by molar-refractivity contribution is 7.98. The second-order valence-electron chi connectivity index (χ2n) is 3.45. The Bertz CT molecular complexity index is 342. The topological polar surface area (TPSA) is 52.8 Å². The predicted octanol–water partition coefficient (Wildman–Crippen LogP) is 1.93. The first-order valence-electron chi connectivity index (χ1n) is 5.19. The highest BCUT2D eigenvalue weighted by Crippen LogP contribution is 2.13. The van der Waals surface area contributed by atoms with Gasteiger partial charge in [0.1, 0.15) is 5.75 Å². The molecule has 0 unspecified atom stereocenters. The number of aliphatic hydroxyl groups is 1. The first-order valence-corrected chi connectivity index (χ1v) is 6.58. The van der Waals surface area contributed by atoms with Gasteiger partial charge in [-0.1, -0.05) is 12.1 Å². The first kappa shape index (κ1) is 13.1. The highest BCUT2D eigenvalue weighted by atomic mass is 32.2. The SMILES string of the molecule is CSCC[C@@H](CO)N=Cc1ccccc1O. The Kier molecular flexibility index (Phi) is 5.96. The van der Waals surface area contributed by atoms with E-state index in [0.29, 0.717) is 5.56 Å². The van der Waals surface area contributed by atoms with Crippen LogP contribution in [0, 0.1) is 0 Å². The van der Waals surface area contributed by atoms with Crippen molar-refractivity contribution in [1.29, 1.82) is 0 Å². The van der Waals surface area contributed by atoms with Crippen molar-refractivity contribution in [3.8, 4) is 5.75 Å². The number of hydrogen-bond acceptors (Lipinski definition) is 4. The van der Waals surface area contributed by atoms with Gasteiger partial charge in [0, 0.05) is 11.8 Å². The summed E-state index contributed by atoms with van der Waals surface area (Å²) in [6, 6.07) is 6.95. The third-order valence-electron chi connectivity index (χ3n) is 2.23. The van der Waals surface area contributed by atoms with Crippen molar-refractivity contribution < 1.29 is 10.2 Å². The van der Waals surface area contributed by atoms with Crippen LogP contribution in [-0.2, 0) is 0 Å². The lowest BCUT2D eigenvalue weighted by Crippen LogP contribution is -2.11. The van der Waals surface area contributed by atoms with E-state index in [1.54, 1.807) is 36.2 Å². The molecule has 2 N–H and O–H groups in total. The van der Waals surface area contributed by atoms with Crippen LogP contribution in [0.3, 0.4) is 0 Å². The molecule has 0 aliphatic heterocycles. The van der Waals surface area contributed by atoms with Gasteiger partial charge in [0.05, 0.1) is 12.6 Å². The Balaban J connectivity index is 2.60. The lowest BCUT2D eigenvalue weighted by atomic mass is 10.2. The third-order valence-corrected chi connectivity index (χ3v) is 2.87. The van der Waals surface area contributed by atoms with Crippen LogP contribution in [0.15, 0.2) is 29.3 Å². The molecule has 0 heterocycles. The van der Waals surface area contributed by atoms with E-state index in [2.05, 4.69) is 4.99 Å². The highest BCUT2D eigenvalue weighted by Gasteiger charge is 2.03. The Morgan fingerprint density at radius 1 is 1.44 bits per heavy atom. The maximum atomic E-state index is 9.51. The molecule has 0 saturated carbocycles. The summed E-state index contributed by atoms with van der Waals surface area (Å²) in [4.78, 5) is 4.26. The summed E-state index contributed by atoms with van der Waals surface area (Å²) >= 11 is 1.74. The van der Waals surface area contributed by atoms with Crippen LogP contribution in [0.25, 0.3) is 0 Å². The van der Waals surface area contributed by atoms with Gasteiger partial charge in [0.15, 0.2) is 0 Å². The summed E-state index contributed by atoms with van der Waals surface area (Å²) in [5.74, 6) is 1.19. The van der Waals surface area contributed by atoms with Crippen molar-refractivity contribution in [2.75, 3.05) is 18.6 Å². The van der Waals surface area contributed by atoms with Crippen LogP contribution >= 0.6 is 11.8 Å². The smallest absolute Gasteiger partial charge is 0.124 e. The summed E-state index contributed by atoms with van der Waals surface area (Å²) < 4.78 is 0. The first-order chi connectivity index (χ1) is 7.77. The zero-order valence-corrected chi connectivity index (χ0v) is 10.2. The van der Waals surface area contributed by atoms with Crippen LogP contribution in [-0.4, -0.2) is 41.1 Å². The molecule has 0 aliphatic rings. The number of benzene rings is 1. The zero-order chi connectivity index (χ0) is 11.8. The third kappa shape index (κ3) is 4.24. The Labute approximate surface area is 100 Å². The Hall–Kier alpha value is -1.00. The molecule has 0 bridgehead atoms. The molecule has 0 aromatic heterocycles. The number of para-hydroxylation sites is 1. The van der Waals surface area contributed by atoms with Gasteiger partial charge in [-0.2, -0.15) is 11.8 Å². The lowest BCUT2D eigenvalue weighted by molar-refractivity contribution is 0.265. The quantitative estimate of drug-likeness (QED) is 0.746. The molecule has 0 spiro atoms. The molecular weight excluding hydrogens is 222 g/mol. The monoisotopic (exact) mass is 239 g/mol. The number of phenols is 1. The van der Waals surface area contributed by atoms with E-state index in [0.717, 1.165) is 12.2 Å². The van der Waals surface area contributed by atoms with Crippen LogP contribution in [0.1, 0.15) is 12.0 Å². The van der Waals surface area contributed by atoms with Gasteiger partial charge in [-0.05, 0) is 30.6 Å². The number of nitrogens with zero attached hydrogens (tertiary/aromatic N) is 1. The summed E-state index contributed by atoms with van der Waals surface area (Å²) in [5, 5.41) is 18.6. The molecule has 1 atom stereocenters. The van der Waals surface area contributed by atoms with Gasteiger partial charge in [-0.3, -0.25) is 4.99 Å². The van der Waals surface area contributed by atoms with Crippen LogP contribution in [0.2, 0.25) is 0 Å². The van der Waals surface area contributed by atoms with E-state index in [1.165, 1.54) is 0 Å². The maximum Gasteiger partial charge on any atom is 0.124 e. The molecule has 16 heavy (non-hydrogen) atoms. The molecule has 0 amide bonds. The fourth-order valence-corrected chi connectivity index (χ4v) is 1.76.